The van der Waals surface area contributed by atoms with Gasteiger partial charge in [0, 0.05) is 4.47 Å². The number of halogens is 3. The summed E-state index contributed by atoms with van der Waals surface area (Å²) in [6.45, 7) is -2.48. The largest absolute Gasteiger partial charge is 0.348 e. The van der Waals surface area contributed by atoms with Crippen LogP contribution in [0.3, 0.4) is 0 Å². The Morgan fingerprint density at radius 2 is 1.91 bits per heavy atom. The quantitative estimate of drug-likeness (QED) is 0.743. The van der Waals surface area contributed by atoms with Crippen LogP contribution in [0.2, 0.25) is 0 Å². The van der Waals surface area contributed by atoms with Gasteiger partial charge in [-0.15, -0.1) is 0 Å². The lowest BCUT2D eigenvalue weighted by Gasteiger charge is -2.17. The maximum Gasteiger partial charge on any atom is 0.277 e. The third-order valence-electron chi connectivity index (χ3n) is 3.08. The highest BCUT2D eigenvalue weighted by molar-refractivity contribution is 9.10. The summed E-state index contributed by atoms with van der Waals surface area (Å²) in [4.78, 5) is 36.5. The fourth-order valence-corrected chi connectivity index (χ4v) is 2.27. The molecule has 22 heavy (non-hydrogen) atoms. The highest BCUT2D eigenvalue weighted by Gasteiger charge is 2.37. The van der Waals surface area contributed by atoms with Crippen LogP contribution in [0, 0.1) is 0 Å². The first-order chi connectivity index (χ1) is 10.2. The van der Waals surface area contributed by atoms with Gasteiger partial charge in [0.1, 0.15) is 6.54 Å². The summed E-state index contributed by atoms with van der Waals surface area (Å²) in [6, 6.07) is 4.52. The number of nitrogens with zero attached hydrogens (tertiary/aromatic N) is 1. The van der Waals surface area contributed by atoms with Crippen LogP contribution < -0.4 is 11.1 Å². The maximum absolute atomic E-state index is 12.9. The number of amides is 3. The molecule has 0 unspecified atom stereocenters. The van der Waals surface area contributed by atoms with Gasteiger partial charge in [-0.3, -0.25) is 19.3 Å². The fourth-order valence-electron chi connectivity index (χ4n) is 1.91. The Bertz CT molecular complexity index is 651. The minimum atomic E-state index is -3.23. The average molecular weight is 376 g/mol. The number of rotatable bonds is 5. The van der Waals surface area contributed by atoms with Crippen molar-refractivity contribution in [2.75, 3.05) is 19.6 Å². The smallest absolute Gasteiger partial charge is 0.277 e. The van der Waals surface area contributed by atoms with E-state index >= 15 is 0 Å². The summed E-state index contributed by atoms with van der Waals surface area (Å²) < 4.78 is 26.5. The molecule has 0 saturated carbocycles. The van der Waals surface area contributed by atoms with Crippen LogP contribution in [-0.4, -0.2) is 48.2 Å². The molecule has 0 radical (unpaired) electrons. The van der Waals surface area contributed by atoms with E-state index in [4.69, 9.17) is 5.73 Å². The van der Waals surface area contributed by atoms with Crippen molar-refractivity contribution in [3.05, 3.63) is 33.8 Å². The van der Waals surface area contributed by atoms with E-state index in [2.05, 4.69) is 15.9 Å². The molecule has 1 heterocycles. The molecule has 0 aromatic heterocycles. The van der Waals surface area contributed by atoms with E-state index in [1.807, 2.05) is 5.32 Å². The Balaban J connectivity index is 2.05. The molecule has 3 N–H and O–H groups in total. The van der Waals surface area contributed by atoms with Crippen LogP contribution in [-0.2, 0) is 4.79 Å². The highest BCUT2D eigenvalue weighted by Crippen LogP contribution is 2.25. The van der Waals surface area contributed by atoms with Crippen LogP contribution in [0.4, 0.5) is 8.78 Å². The third kappa shape index (κ3) is 3.30. The Kier molecular flexibility index (Phi) is 4.57. The van der Waals surface area contributed by atoms with Gasteiger partial charge >= 0.3 is 0 Å². The minimum Gasteiger partial charge on any atom is -0.348 e. The van der Waals surface area contributed by atoms with Gasteiger partial charge in [-0.1, -0.05) is 15.9 Å². The van der Waals surface area contributed by atoms with Gasteiger partial charge in [0.25, 0.3) is 17.7 Å². The van der Waals surface area contributed by atoms with E-state index in [0.717, 1.165) is 0 Å². The summed E-state index contributed by atoms with van der Waals surface area (Å²) in [5, 5.41) is 1.96. The Morgan fingerprint density at radius 1 is 1.27 bits per heavy atom. The van der Waals surface area contributed by atoms with Crippen LogP contribution in [0.25, 0.3) is 0 Å². The van der Waals surface area contributed by atoms with Crippen LogP contribution >= 0.6 is 15.9 Å². The fraction of sp³-hybridized carbons (Fsp3) is 0.308. The van der Waals surface area contributed by atoms with Crippen molar-refractivity contribution >= 4 is 33.7 Å². The Labute approximate surface area is 132 Å². The monoisotopic (exact) mass is 375 g/mol. The molecule has 9 heteroatoms. The van der Waals surface area contributed by atoms with Gasteiger partial charge in [0.2, 0.25) is 5.91 Å². The summed E-state index contributed by atoms with van der Waals surface area (Å²) in [6.07, 6.45) is 0. The van der Waals surface area contributed by atoms with E-state index in [1.54, 1.807) is 6.07 Å². The molecule has 0 bridgehead atoms. The van der Waals surface area contributed by atoms with Gasteiger partial charge < -0.3 is 11.1 Å². The summed E-state index contributed by atoms with van der Waals surface area (Å²) in [5.74, 6) is -5.36. The Morgan fingerprint density at radius 3 is 2.55 bits per heavy atom. The van der Waals surface area contributed by atoms with Crippen molar-refractivity contribution in [3.63, 3.8) is 0 Å². The molecule has 0 atom stereocenters. The highest BCUT2D eigenvalue weighted by atomic mass is 79.9. The number of imide groups is 1. The summed E-state index contributed by atoms with van der Waals surface area (Å²) in [5.41, 5.74) is 5.19. The molecule has 1 aromatic rings. The second-order valence-corrected chi connectivity index (χ2v) is 5.64. The molecule has 1 aromatic carbocycles. The molecular weight excluding hydrogens is 364 g/mol. The van der Waals surface area contributed by atoms with E-state index in [9.17, 15) is 23.2 Å². The number of alkyl halides is 2. The van der Waals surface area contributed by atoms with Crippen molar-refractivity contribution in [2.24, 2.45) is 5.73 Å². The molecule has 3 amide bonds. The first-order valence-electron chi connectivity index (χ1n) is 6.25. The summed E-state index contributed by atoms with van der Waals surface area (Å²) >= 11 is 3.18. The number of nitrogens with two attached hydrogens (primary N) is 1. The van der Waals surface area contributed by atoms with Gasteiger partial charge in [-0.25, -0.2) is 8.78 Å². The first kappa shape index (κ1) is 16.5. The number of fused-ring (bicyclic) bond motifs is 1. The molecule has 118 valence electrons. The molecule has 1 aliphatic rings. The Hall–Kier alpha value is -1.87. The van der Waals surface area contributed by atoms with Crippen molar-refractivity contribution in [1.82, 2.24) is 10.2 Å². The third-order valence-corrected chi connectivity index (χ3v) is 3.57. The molecule has 6 nitrogen and oxygen atoms in total. The van der Waals surface area contributed by atoms with Gasteiger partial charge in [-0.2, -0.15) is 0 Å². The second-order valence-electron chi connectivity index (χ2n) is 4.72. The molecule has 0 aliphatic carbocycles. The van der Waals surface area contributed by atoms with Crippen LogP contribution in [0.15, 0.2) is 22.7 Å². The second kappa shape index (κ2) is 6.09. The maximum atomic E-state index is 12.9. The predicted octanol–water partition coefficient (Wildman–Crippen LogP) is 0.755. The number of benzene rings is 1. The van der Waals surface area contributed by atoms with E-state index in [1.165, 1.54) is 12.1 Å². The molecule has 2 rings (SSSR count). The zero-order valence-corrected chi connectivity index (χ0v) is 12.8. The molecular formula is C13H12BrF2N3O3. The summed E-state index contributed by atoms with van der Waals surface area (Å²) in [7, 11) is 0. The lowest BCUT2D eigenvalue weighted by molar-refractivity contribution is -0.123. The van der Waals surface area contributed by atoms with Crippen molar-refractivity contribution in [3.8, 4) is 0 Å². The number of hydrogen-bond donors (Lipinski definition) is 2. The average Bonchev–Trinajstić information content (AvgIpc) is 2.70. The lowest BCUT2D eigenvalue weighted by atomic mass is 10.1. The van der Waals surface area contributed by atoms with Crippen LogP contribution in [0.5, 0.6) is 0 Å². The number of carbonyl (C=O) groups excluding carboxylic acids is 3. The standard InChI is InChI=1S/C13H12BrF2N3O3/c14-7-1-2-8-9(3-7)12(22)19(11(8)21)4-10(20)18-6-13(15,16)5-17/h1-3H,4-6,17H2,(H,18,20). The zero-order chi connectivity index (χ0) is 16.5. The van der Waals surface area contributed by atoms with Crippen molar-refractivity contribution in [1.29, 1.82) is 0 Å². The molecule has 0 fully saturated rings. The molecule has 0 saturated heterocycles. The minimum absolute atomic E-state index is 0.166. The van der Waals surface area contributed by atoms with Gasteiger partial charge in [0.15, 0.2) is 0 Å². The predicted molar refractivity (Wildman–Crippen MR) is 76.5 cm³/mol. The first-order valence-corrected chi connectivity index (χ1v) is 7.05. The molecule has 0 spiro atoms. The van der Waals surface area contributed by atoms with E-state index in [0.29, 0.717) is 9.37 Å². The van der Waals surface area contributed by atoms with Crippen molar-refractivity contribution < 1.29 is 23.2 Å². The van der Waals surface area contributed by atoms with E-state index in [-0.39, 0.29) is 11.1 Å². The van der Waals surface area contributed by atoms with Crippen molar-refractivity contribution in [2.45, 2.75) is 5.92 Å². The SMILES string of the molecule is NCC(F)(F)CNC(=O)CN1C(=O)c2ccc(Br)cc2C1=O. The lowest BCUT2D eigenvalue weighted by Crippen LogP contribution is -2.46. The number of nitrogens with one attached hydrogen (secondary N) is 1. The zero-order valence-electron chi connectivity index (χ0n) is 11.2. The normalized spacial score (nSPS) is 14.3. The van der Waals surface area contributed by atoms with E-state index < -0.39 is 43.3 Å². The van der Waals surface area contributed by atoms with Gasteiger partial charge in [0.05, 0.1) is 24.2 Å². The topological polar surface area (TPSA) is 92.5 Å². The van der Waals surface area contributed by atoms with Crippen LogP contribution in [0.1, 0.15) is 20.7 Å². The van der Waals surface area contributed by atoms with Gasteiger partial charge in [-0.05, 0) is 18.2 Å². The molecule has 1 aliphatic heterocycles. The number of carbonyl (C=O) groups is 3. The number of hydrogen-bond acceptors (Lipinski definition) is 4.